The fourth-order valence-electron chi connectivity index (χ4n) is 1.77. The van der Waals surface area contributed by atoms with Gasteiger partial charge in [0.15, 0.2) is 5.69 Å². The van der Waals surface area contributed by atoms with Crippen molar-refractivity contribution in [2.24, 2.45) is 5.92 Å². The molecular formula is C12H14BrF3N2O3. The fourth-order valence-corrected chi connectivity index (χ4v) is 2.31. The number of esters is 1. The van der Waals surface area contributed by atoms with Crippen molar-refractivity contribution in [2.45, 2.75) is 32.5 Å². The minimum Gasteiger partial charge on any atom is -0.467 e. The molecule has 1 rings (SSSR count). The summed E-state index contributed by atoms with van der Waals surface area (Å²) in [5, 5.41) is 0. The molecule has 5 nitrogen and oxygen atoms in total. The largest absolute Gasteiger partial charge is 0.467 e. The molecule has 0 N–H and O–H groups in total. The average Bonchev–Trinajstić information content (AvgIpc) is 2.36. The first kappa shape index (κ1) is 17.7. The molecule has 9 heteroatoms. The van der Waals surface area contributed by atoms with Gasteiger partial charge in [-0.15, -0.1) is 0 Å². The number of rotatable bonds is 4. The minimum atomic E-state index is -4.75. The van der Waals surface area contributed by atoms with Crippen LogP contribution in [0.1, 0.15) is 32.0 Å². The Morgan fingerprint density at radius 1 is 1.48 bits per heavy atom. The summed E-state index contributed by atoms with van der Waals surface area (Å²) >= 11 is 2.73. The smallest absolute Gasteiger partial charge is 0.434 e. The Labute approximate surface area is 127 Å². The first-order chi connectivity index (χ1) is 9.57. The van der Waals surface area contributed by atoms with E-state index in [1.165, 1.54) is 0 Å². The van der Waals surface area contributed by atoms with E-state index in [-0.39, 0.29) is 12.3 Å². The molecule has 118 valence electrons. The molecule has 21 heavy (non-hydrogen) atoms. The number of hydrogen-bond acceptors (Lipinski definition) is 4. The van der Waals surface area contributed by atoms with Crippen LogP contribution in [-0.2, 0) is 15.7 Å². The van der Waals surface area contributed by atoms with E-state index in [1.54, 1.807) is 0 Å². The quantitative estimate of drug-likeness (QED) is 0.764. The number of ether oxygens (including phenoxy) is 1. The monoisotopic (exact) mass is 370 g/mol. The van der Waals surface area contributed by atoms with Gasteiger partial charge in [-0.25, -0.2) is 9.59 Å². The highest BCUT2D eigenvalue weighted by Crippen LogP contribution is 2.32. The van der Waals surface area contributed by atoms with E-state index >= 15 is 0 Å². The van der Waals surface area contributed by atoms with Crippen molar-refractivity contribution < 1.29 is 22.7 Å². The number of carbonyl (C=O) groups is 1. The molecule has 0 amide bonds. The topological polar surface area (TPSA) is 61.2 Å². The van der Waals surface area contributed by atoms with Gasteiger partial charge in [0, 0.05) is 6.20 Å². The van der Waals surface area contributed by atoms with E-state index in [9.17, 15) is 22.8 Å². The SMILES string of the molecule is COC(=O)C(CC(C)C)n1cc(Br)c(C(F)(F)F)nc1=O. The van der Waals surface area contributed by atoms with Crippen molar-refractivity contribution in [3.8, 4) is 0 Å². The van der Waals surface area contributed by atoms with Gasteiger partial charge < -0.3 is 4.74 Å². The van der Waals surface area contributed by atoms with Crippen LogP contribution in [0.5, 0.6) is 0 Å². The third kappa shape index (κ3) is 4.29. The van der Waals surface area contributed by atoms with Gasteiger partial charge in [0.25, 0.3) is 0 Å². The molecule has 0 fully saturated rings. The first-order valence-electron chi connectivity index (χ1n) is 6.01. The second-order valence-corrected chi connectivity index (χ2v) is 5.65. The zero-order valence-corrected chi connectivity index (χ0v) is 13.2. The van der Waals surface area contributed by atoms with Crippen LogP contribution in [0, 0.1) is 5.92 Å². The molecule has 1 atom stereocenters. The number of aromatic nitrogens is 2. The van der Waals surface area contributed by atoms with Gasteiger partial charge in [0.05, 0.1) is 11.6 Å². The molecule has 0 bridgehead atoms. The lowest BCUT2D eigenvalue weighted by Crippen LogP contribution is -2.34. The van der Waals surface area contributed by atoms with Crippen LogP contribution in [0.25, 0.3) is 0 Å². The first-order valence-corrected chi connectivity index (χ1v) is 6.81. The van der Waals surface area contributed by atoms with E-state index in [0.29, 0.717) is 0 Å². The summed E-state index contributed by atoms with van der Waals surface area (Å²) in [6.45, 7) is 3.63. The molecule has 0 aliphatic heterocycles. The maximum Gasteiger partial charge on any atom is 0.434 e. The average molecular weight is 371 g/mol. The molecular weight excluding hydrogens is 357 g/mol. The summed E-state index contributed by atoms with van der Waals surface area (Å²) < 4.78 is 43.0. The summed E-state index contributed by atoms with van der Waals surface area (Å²) in [4.78, 5) is 26.6. The number of methoxy groups -OCH3 is 1. The highest BCUT2D eigenvalue weighted by molar-refractivity contribution is 9.10. The molecule has 0 aliphatic carbocycles. The minimum absolute atomic E-state index is 0.0297. The fraction of sp³-hybridized carbons (Fsp3) is 0.583. The van der Waals surface area contributed by atoms with Crippen LogP contribution in [0.2, 0.25) is 0 Å². The van der Waals surface area contributed by atoms with Gasteiger partial charge in [-0.1, -0.05) is 13.8 Å². The van der Waals surface area contributed by atoms with Gasteiger partial charge in [-0.3, -0.25) is 4.57 Å². The molecule has 1 unspecified atom stereocenters. The molecule has 0 aliphatic rings. The Kier molecular flexibility index (Phi) is 5.54. The predicted molar refractivity (Wildman–Crippen MR) is 71.7 cm³/mol. The number of hydrogen-bond donors (Lipinski definition) is 0. The van der Waals surface area contributed by atoms with Crippen molar-refractivity contribution in [3.63, 3.8) is 0 Å². The van der Waals surface area contributed by atoms with E-state index in [4.69, 9.17) is 0 Å². The maximum atomic E-state index is 12.7. The van der Waals surface area contributed by atoms with Crippen molar-refractivity contribution in [1.29, 1.82) is 0 Å². The Morgan fingerprint density at radius 2 is 2.05 bits per heavy atom. The standard InChI is InChI=1S/C12H14BrF3N2O3/c1-6(2)4-8(10(19)21-3)18-5-7(13)9(12(14,15)16)17-11(18)20/h5-6,8H,4H2,1-3H3. The molecule has 0 aromatic carbocycles. The third-order valence-electron chi connectivity index (χ3n) is 2.68. The molecule has 0 radical (unpaired) electrons. The lowest BCUT2D eigenvalue weighted by atomic mass is 10.0. The summed E-state index contributed by atoms with van der Waals surface area (Å²) in [7, 11) is 1.15. The molecule has 1 aromatic rings. The summed E-state index contributed by atoms with van der Waals surface area (Å²) in [5.74, 6) is -0.679. The van der Waals surface area contributed by atoms with Gasteiger partial charge in [-0.2, -0.15) is 18.2 Å². The van der Waals surface area contributed by atoms with Crippen molar-refractivity contribution >= 4 is 21.9 Å². The Morgan fingerprint density at radius 3 is 2.48 bits per heavy atom. The molecule has 0 saturated heterocycles. The molecule has 1 heterocycles. The lowest BCUT2D eigenvalue weighted by Gasteiger charge is -2.20. The highest BCUT2D eigenvalue weighted by Gasteiger charge is 2.37. The summed E-state index contributed by atoms with van der Waals surface area (Å²) in [6.07, 6.45) is -3.59. The second-order valence-electron chi connectivity index (χ2n) is 4.79. The van der Waals surface area contributed by atoms with Crippen LogP contribution in [0.15, 0.2) is 15.5 Å². The van der Waals surface area contributed by atoms with Crippen molar-refractivity contribution in [3.05, 3.63) is 26.8 Å². The van der Waals surface area contributed by atoms with Crippen molar-refractivity contribution in [1.82, 2.24) is 9.55 Å². The summed E-state index contributed by atoms with van der Waals surface area (Å²) in [5.41, 5.74) is -2.47. The van der Waals surface area contributed by atoms with Gasteiger partial charge in [0.1, 0.15) is 6.04 Å². The normalized spacial score (nSPS) is 13.3. The van der Waals surface area contributed by atoms with Gasteiger partial charge >= 0.3 is 17.8 Å². The van der Waals surface area contributed by atoms with Crippen LogP contribution >= 0.6 is 15.9 Å². The van der Waals surface area contributed by atoms with E-state index in [2.05, 4.69) is 25.7 Å². The van der Waals surface area contributed by atoms with E-state index in [1.807, 2.05) is 13.8 Å². The Balaban J connectivity index is 3.37. The van der Waals surface area contributed by atoms with Crippen LogP contribution in [0.3, 0.4) is 0 Å². The molecule has 0 spiro atoms. The van der Waals surface area contributed by atoms with Crippen LogP contribution in [-0.4, -0.2) is 22.6 Å². The van der Waals surface area contributed by atoms with E-state index in [0.717, 1.165) is 17.9 Å². The number of nitrogens with zero attached hydrogens (tertiary/aromatic N) is 2. The Hall–Kier alpha value is -1.38. The second kappa shape index (κ2) is 6.59. The number of halogens is 4. The number of carbonyl (C=O) groups excluding carboxylic acids is 1. The van der Waals surface area contributed by atoms with Crippen LogP contribution < -0.4 is 5.69 Å². The van der Waals surface area contributed by atoms with Crippen LogP contribution in [0.4, 0.5) is 13.2 Å². The molecule has 1 aromatic heterocycles. The zero-order valence-electron chi connectivity index (χ0n) is 11.6. The van der Waals surface area contributed by atoms with E-state index < -0.39 is 34.0 Å². The van der Waals surface area contributed by atoms with Gasteiger partial charge in [0.2, 0.25) is 0 Å². The predicted octanol–water partition coefficient (Wildman–Crippen LogP) is 2.78. The highest BCUT2D eigenvalue weighted by atomic mass is 79.9. The molecule has 0 saturated carbocycles. The third-order valence-corrected chi connectivity index (χ3v) is 3.26. The van der Waals surface area contributed by atoms with Gasteiger partial charge in [-0.05, 0) is 28.3 Å². The summed E-state index contributed by atoms with van der Waals surface area (Å²) in [6, 6.07) is -1.02. The van der Waals surface area contributed by atoms with Crippen molar-refractivity contribution in [2.75, 3.05) is 7.11 Å². The Bertz CT molecular complexity index is 584. The number of alkyl halides is 3. The zero-order chi connectivity index (χ0) is 16.4. The maximum absolute atomic E-state index is 12.7. The lowest BCUT2D eigenvalue weighted by molar-refractivity contribution is -0.145.